The number of H-pyrrole nitrogens is 1. The number of rotatable bonds is 4. The molecule has 2 N–H and O–H groups in total. The SMILES string of the molecule is Cc1ccc2cc(CCNC(=O)c3cc(Br)ccc3Cl)c(=O)[nH]c2c1. The zero-order valence-electron chi connectivity index (χ0n) is 13.5. The standard InChI is InChI=1S/C19H16BrClN2O2/c1-11-2-3-12-9-13(18(24)23-17(12)8-11)6-7-22-19(25)15-10-14(20)4-5-16(15)21/h2-5,8-10H,6-7H2,1H3,(H,22,25)(H,23,24). The zero-order valence-corrected chi connectivity index (χ0v) is 15.9. The minimum Gasteiger partial charge on any atom is -0.352 e. The molecular formula is C19H16BrClN2O2. The first-order chi connectivity index (χ1) is 11.9. The van der Waals surface area contributed by atoms with Crippen molar-refractivity contribution in [2.75, 3.05) is 6.54 Å². The highest BCUT2D eigenvalue weighted by Crippen LogP contribution is 2.20. The monoisotopic (exact) mass is 418 g/mol. The van der Waals surface area contributed by atoms with E-state index in [0.717, 1.165) is 20.9 Å². The van der Waals surface area contributed by atoms with Gasteiger partial charge in [0.2, 0.25) is 0 Å². The minimum absolute atomic E-state index is 0.132. The van der Waals surface area contributed by atoms with Crippen molar-refractivity contribution < 1.29 is 4.79 Å². The number of nitrogens with one attached hydrogen (secondary N) is 2. The van der Waals surface area contributed by atoms with Crippen LogP contribution in [0.1, 0.15) is 21.5 Å². The summed E-state index contributed by atoms with van der Waals surface area (Å²) in [6.07, 6.45) is 0.441. The van der Waals surface area contributed by atoms with E-state index in [1.165, 1.54) is 0 Å². The van der Waals surface area contributed by atoms with Crippen LogP contribution in [0.4, 0.5) is 0 Å². The van der Waals surface area contributed by atoms with E-state index < -0.39 is 0 Å². The number of aromatic amines is 1. The highest BCUT2D eigenvalue weighted by atomic mass is 79.9. The van der Waals surface area contributed by atoms with E-state index in [2.05, 4.69) is 26.2 Å². The Morgan fingerprint density at radius 2 is 2.00 bits per heavy atom. The van der Waals surface area contributed by atoms with Crippen LogP contribution in [0.2, 0.25) is 5.02 Å². The molecule has 2 aromatic carbocycles. The number of fused-ring (bicyclic) bond motifs is 1. The number of pyridine rings is 1. The zero-order chi connectivity index (χ0) is 18.0. The van der Waals surface area contributed by atoms with Gasteiger partial charge in [-0.25, -0.2) is 0 Å². The van der Waals surface area contributed by atoms with Crippen LogP contribution >= 0.6 is 27.5 Å². The Morgan fingerprint density at radius 1 is 1.20 bits per heavy atom. The molecule has 6 heteroatoms. The largest absolute Gasteiger partial charge is 0.352 e. The molecule has 0 radical (unpaired) electrons. The van der Waals surface area contributed by atoms with Crippen molar-refractivity contribution in [2.24, 2.45) is 0 Å². The minimum atomic E-state index is -0.265. The van der Waals surface area contributed by atoms with Crippen molar-refractivity contribution in [2.45, 2.75) is 13.3 Å². The van der Waals surface area contributed by atoms with Crippen LogP contribution in [0.25, 0.3) is 10.9 Å². The van der Waals surface area contributed by atoms with Gasteiger partial charge in [0.25, 0.3) is 11.5 Å². The highest BCUT2D eigenvalue weighted by Gasteiger charge is 2.11. The summed E-state index contributed by atoms with van der Waals surface area (Å²) in [5.41, 5.74) is 2.82. The van der Waals surface area contributed by atoms with Gasteiger partial charge in [-0.3, -0.25) is 9.59 Å². The number of hydrogen-bond donors (Lipinski definition) is 2. The first-order valence-electron chi connectivity index (χ1n) is 7.80. The fourth-order valence-corrected chi connectivity index (χ4v) is 3.19. The molecule has 25 heavy (non-hydrogen) atoms. The Balaban J connectivity index is 1.71. The summed E-state index contributed by atoms with van der Waals surface area (Å²) in [4.78, 5) is 27.3. The van der Waals surface area contributed by atoms with E-state index in [-0.39, 0.29) is 11.5 Å². The van der Waals surface area contributed by atoms with Crippen LogP contribution in [0.3, 0.4) is 0 Å². The number of aryl methyl sites for hydroxylation is 1. The summed E-state index contributed by atoms with van der Waals surface area (Å²) in [5, 5.41) is 4.17. The third kappa shape index (κ3) is 4.11. The number of benzene rings is 2. The lowest BCUT2D eigenvalue weighted by atomic mass is 10.1. The van der Waals surface area contributed by atoms with E-state index in [1.807, 2.05) is 31.2 Å². The third-order valence-electron chi connectivity index (χ3n) is 3.93. The molecule has 1 aromatic heterocycles. The molecule has 0 aliphatic carbocycles. The number of hydrogen-bond acceptors (Lipinski definition) is 2. The molecule has 3 rings (SSSR count). The molecule has 0 fully saturated rings. The van der Waals surface area contributed by atoms with Gasteiger partial charge >= 0.3 is 0 Å². The predicted octanol–water partition coefficient (Wildman–Crippen LogP) is 4.22. The molecule has 1 heterocycles. The molecule has 0 spiro atoms. The van der Waals surface area contributed by atoms with Crippen molar-refractivity contribution in [1.29, 1.82) is 0 Å². The molecule has 0 aliphatic heterocycles. The van der Waals surface area contributed by atoms with Gasteiger partial charge in [0.05, 0.1) is 10.6 Å². The molecule has 128 valence electrons. The Hall–Kier alpha value is -2.11. The summed E-state index contributed by atoms with van der Waals surface area (Å²) in [7, 11) is 0. The lowest BCUT2D eigenvalue weighted by molar-refractivity contribution is 0.0954. The second-order valence-corrected chi connectivity index (χ2v) is 7.17. The van der Waals surface area contributed by atoms with Crippen LogP contribution in [0, 0.1) is 6.92 Å². The van der Waals surface area contributed by atoms with Crippen LogP contribution in [-0.4, -0.2) is 17.4 Å². The number of carbonyl (C=O) groups excluding carboxylic acids is 1. The van der Waals surface area contributed by atoms with Gasteiger partial charge in [-0.1, -0.05) is 39.7 Å². The first-order valence-corrected chi connectivity index (χ1v) is 8.97. The van der Waals surface area contributed by atoms with Gasteiger partial charge in [-0.05, 0) is 54.6 Å². The number of aromatic nitrogens is 1. The van der Waals surface area contributed by atoms with Crippen molar-refractivity contribution >= 4 is 44.3 Å². The van der Waals surface area contributed by atoms with Crippen LogP contribution in [-0.2, 0) is 6.42 Å². The van der Waals surface area contributed by atoms with E-state index in [4.69, 9.17) is 11.6 Å². The second kappa shape index (κ2) is 7.42. The molecular weight excluding hydrogens is 404 g/mol. The Bertz CT molecular complexity index is 1010. The Kier molecular flexibility index (Phi) is 5.25. The molecule has 3 aromatic rings. The summed E-state index contributed by atoms with van der Waals surface area (Å²) >= 11 is 9.38. The lowest BCUT2D eigenvalue weighted by Crippen LogP contribution is -2.27. The quantitative estimate of drug-likeness (QED) is 0.665. The molecule has 0 saturated heterocycles. The van der Waals surface area contributed by atoms with Gasteiger partial charge in [0, 0.05) is 22.1 Å². The molecule has 0 saturated carbocycles. The molecule has 0 atom stereocenters. The van der Waals surface area contributed by atoms with Crippen molar-refractivity contribution in [3.8, 4) is 0 Å². The number of amides is 1. The molecule has 0 aliphatic rings. The summed E-state index contributed by atoms with van der Waals surface area (Å²) in [5.74, 6) is -0.265. The predicted molar refractivity (Wildman–Crippen MR) is 104 cm³/mol. The van der Waals surface area contributed by atoms with Crippen molar-refractivity contribution in [1.82, 2.24) is 10.3 Å². The maximum Gasteiger partial charge on any atom is 0.252 e. The van der Waals surface area contributed by atoms with Crippen LogP contribution in [0.15, 0.2) is 51.7 Å². The first kappa shape index (κ1) is 17.7. The number of halogens is 2. The fraction of sp³-hybridized carbons (Fsp3) is 0.158. The van der Waals surface area contributed by atoms with Crippen molar-refractivity contribution in [3.63, 3.8) is 0 Å². The summed E-state index contributed by atoms with van der Waals surface area (Å²) < 4.78 is 0.781. The Morgan fingerprint density at radius 3 is 2.80 bits per heavy atom. The van der Waals surface area contributed by atoms with Crippen molar-refractivity contribution in [3.05, 3.63) is 79.0 Å². The summed E-state index contributed by atoms with van der Waals surface area (Å²) in [6.45, 7) is 2.33. The smallest absolute Gasteiger partial charge is 0.252 e. The Labute approximate surface area is 158 Å². The molecule has 1 amide bonds. The average Bonchev–Trinajstić information content (AvgIpc) is 2.57. The van der Waals surface area contributed by atoms with E-state index >= 15 is 0 Å². The normalized spacial score (nSPS) is 10.8. The van der Waals surface area contributed by atoms with Gasteiger partial charge in [0.15, 0.2) is 0 Å². The highest BCUT2D eigenvalue weighted by molar-refractivity contribution is 9.10. The second-order valence-electron chi connectivity index (χ2n) is 5.84. The lowest BCUT2D eigenvalue weighted by Gasteiger charge is -2.08. The topological polar surface area (TPSA) is 62.0 Å². The van der Waals surface area contributed by atoms with Crippen LogP contribution < -0.4 is 10.9 Å². The van der Waals surface area contributed by atoms with E-state index in [1.54, 1.807) is 18.2 Å². The van der Waals surface area contributed by atoms with Gasteiger partial charge in [0.1, 0.15) is 0 Å². The van der Waals surface area contributed by atoms with E-state index in [0.29, 0.717) is 29.1 Å². The van der Waals surface area contributed by atoms with E-state index in [9.17, 15) is 9.59 Å². The van der Waals surface area contributed by atoms with Crippen LogP contribution in [0.5, 0.6) is 0 Å². The average molecular weight is 420 g/mol. The molecule has 0 bridgehead atoms. The fourth-order valence-electron chi connectivity index (χ4n) is 2.62. The third-order valence-corrected chi connectivity index (χ3v) is 4.75. The molecule has 4 nitrogen and oxygen atoms in total. The van der Waals surface area contributed by atoms with Gasteiger partial charge in [-0.2, -0.15) is 0 Å². The van der Waals surface area contributed by atoms with Gasteiger partial charge in [-0.15, -0.1) is 0 Å². The molecule has 0 unspecified atom stereocenters. The summed E-state index contributed by atoms with van der Waals surface area (Å²) in [6, 6.07) is 12.9. The maximum atomic E-state index is 12.2. The maximum absolute atomic E-state index is 12.2. The number of carbonyl (C=O) groups is 1. The van der Waals surface area contributed by atoms with Gasteiger partial charge < -0.3 is 10.3 Å².